The molecule has 0 atom stereocenters. The predicted octanol–water partition coefficient (Wildman–Crippen LogP) is 3.45. The van der Waals surface area contributed by atoms with Gasteiger partial charge < -0.3 is 19.3 Å². The first kappa shape index (κ1) is 21.6. The van der Waals surface area contributed by atoms with Crippen LogP contribution < -0.4 is 9.47 Å². The number of amides is 2. The first-order valence-electron chi connectivity index (χ1n) is 10.6. The van der Waals surface area contributed by atoms with Crippen molar-refractivity contribution in [3.63, 3.8) is 0 Å². The smallest absolute Gasteiger partial charge is 0.255 e. The number of benzene rings is 2. The Morgan fingerprint density at radius 1 is 0.968 bits per heavy atom. The Balaban J connectivity index is 1.39. The molecule has 0 bridgehead atoms. The molecule has 2 heterocycles. The highest BCUT2D eigenvalue weighted by Gasteiger charge is 2.47. The number of thioether (sulfide) groups is 1. The summed E-state index contributed by atoms with van der Waals surface area (Å²) in [6, 6.07) is 15.0. The van der Waals surface area contributed by atoms with Crippen LogP contribution in [-0.2, 0) is 11.2 Å². The summed E-state index contributed by atoms with van der Waals surface area (Å²) in [5.74, 6) is 2.58. The van der Waals surface area contributed by atoms with Crippen LogP contribution in [-0.4, -0.2) is 66.1 Å². The van der Waals surface area contributed by atoms with Crippen LogP contribution in [0.4, 0.5) is 0 Å². The monoisotopic (exact) mass is 440 g/mol. The zero-order chi connectivity index (χ0) is 21.8. The van der Waals surface area contributed by atoms with E-state index in [0.717, 1.165) is 36.5 Å². The third-order valence-electron chi connectivity index (χ3n) is 6.15. The van der Waals surface area contributed by atoms with Gasteiger partial charge in [-0.25, -0.2) is 0 Å². The first-order valence-corrected chi connectivity index (χ1v) is 11.5. The quantitative estimate of drug-likeness (QED) is 0.713. The molecule has 6 nitrogen and oxygen atoms in total. The minimum Gasteiger partial charge on any atom is -0.497 e. The molecule has 2 saturated heterocycles. The third-order valence-corrected chi connectivity index (χ3v) is 7.70. The maximum Gasteiger partial charge on any atom is 0.255 e. The molecule has 4 rings (SSSR count). The molecule has 1 spiro atoms. The van der Waals surface area contributed by atoms with Crippen LogP contribution in [0.15, 0.2) is 48.5 Å². The number of hydrogen-bond acceptors (Lipinski definition) is 5. The number of hydrogen-bond donors (Lipinski definition) is 0. The highest BCUT2D eigenvalue weighted by molar-refractivity contribution is 8.00. The Bertz CT molecular complexity index is 939. The number of nitrogens with zero attached hydrogens (tertiary/aromatic N) is 2. The lowest BCUT2D eigenvalue weighted by Crippen LogP contribution is -2.53. The standard InChI is InChI=1S/C24H28N2O4S/c1-29-20-8-6-18(7-9-20)16-22(27)25-12-10-24(11-13-25)26(14-15-31-24)23(28)19-4-3-5-21(17-19)30-2/h3-9,17H,10-16H2,1-2H3. The summed E-state index contributed by atoms with van der Waals surface area (Å²) in [7, 11) is 3.24. The Morgan fingerprint density at radius 2 is 1.68 bits per heavy atom. The van der Waals surface area contributed by atoms with Crippen LogP contribution in [0, 0.1) is 0 Å². The molecule has 2 aliphatic rings. The van der Waals surface area contributed by atoms with Crippen molar-refractivity contribution in [3.05, 3.63) is 59.7 Å². The van der Waals surface area contributed by atoms with E-state index in [-0.39, 0.29) is 16.7 Å². The van der Waals surface area contributed by atoms with Gasteiger partial charge in [0.25, 0.3) is 5.91 Å². The van der Waals surface area contributed by atoms with E-state index in [1.807, 2.05) is 64.0 Å². The molecule has 31 heavy (non-hydrogen) atoms. The van der Waals surface area contributed by atoms with Crippen molar-refractivity contribution in [1.29, 1.82) is 0 Å². The largest absolute Gasteiger partial charge is 0.497 e. The maximum atomic E-state index is 13.3. The molecule has 0 aliphatic carbocycles. The Labute approximate surface area is 187 Å². The molecule has 2 aromatic rings. The highest BCUT2D eigenvalue weighted by atomic mass is 32.2. The van der Waals surface area contributed by atoms with Gasteiger partial charge in [-0.2, -0.15) is 0 Å². The second kappa shape index (κ2) is 9.22. The first-order chi connectivity index (χ1) is 15.0. The summed E-state index contributed by atoms with van der Waals surface area (Å²) < 4.78 is 10.5. The molecular formula is C24H28N2O4S. The van der Waals surface area contributed by atoms with E-state index < -0.39 is 0 Å². The summed E-state index contributed by atoms with van der Waals surface area (Å²) in [5, 5.41) is 0. The van der Waals surface area contributed by atoms with E-state index >= 15 is 0 Å². The molecule has 2 aromatic carbocycles. The number of piperidine rings is 1. The number of likely N-dealkylation sites (tertiary alicyclic amines) is 1. The van der Waals surface area contributed by atoms with Crippen molar-refractivity contribution in [3.8, 4) is 11.5 Å². The van der Waals surface area contributed by atoms with Crippen molar-refractivity contribution < 1.29 is 19.1 Å². The van der Waals surface area contributed by atoms with Crippen LogP contribution in [0.25, 0.3) is 0 Å². The highest BCUT2D eigenvalue weighted by Crippen LogP contribution is 2.44. The summed E-state index contributed by atoms with van der Waals surface area (Å²) in [6.45, 7) is 2.08. The molecule has 2 amide bonds. The molecule has 2 fully saturated rings. The van der Waals surface area contributed by atoms with E-state index in [1.165, 1.54) is 0 Å². The SMILES string of the molecule is COc1ccc(CC(=O)N2CCC3(CC2)SCCN3C(=O)c2cccc(OC)c2)cc1. The molecule has 2 aliphatic heterocycles. The van der Waals surface area contributed by atoms with Gasteiger partial charge in [-0.15, -0.1) is 11.8 Å². The van der Waals surface area contributed by atoms with Crippen molar-refractivity contribution in [2.24, 2.45) is 0 Å². The summed E-state index contributed by atoms with van der Waals surface area (Å²) >= 11 is 1.85. The lowest BCUT2D eigenvalue weighted by atomic mass is 10.00. The van der Waals surface area contributed by atoms with Gasteiger partial charge in [0, 0.05) is 31.0 Å². The fraction of sp³-hybridized carbons (Fsp3) is 0.417. The van der Waals surface area contributed by atoms with Crippen LogP contribution in [0.1, 0.15) is 28.8 Å². The molecule has 0 aromatic heterocycles. The maximum absolute atomic E-state index is 13.3. The van der Waals surface area contributed by atoms with Gasteiger partial charge in [-0.05, 0) is 48.7 Å². The Hall–Kier alpha value is -2.67. The second-order valence-corrected chi connectivity index (χ2v) is 9.35. The van der Waals surface area contributed by atoms with E-state index in [2.05, 4.69) is 0 Å². The molecule has 7 heteroatoms. The number of methoxy groups -OCH3 is 2. The van der Waals surface area contributed by atoms with Gasteiger partial charge in [-0.3, -0.25) is 9.59 Å². The Kier molecular flexibility index (Phi) is 6.41. The molecule has 0 N–H and O–H groups in total. The zero-order valence-corrected chi connectivity index (χ0v) is 18.8. The average molecular weight is 441 g/mol. The zero-order valence-electron chi connectivity index (χ0n) is 18.0. The van der Waals surface area contributed by atoms with Crippen molar-refractivity contribution in [2.75, 3.05) is 39.6 Å². The lowest BCUT2D eigenvalue weighted by molar-refractivity contribution is -0.132. The lowest BCUT2D eigenvalue weighted by Gasteiger charge is -2.44. The fourth-order valence-corrected chi connectivity index (χ4v) is 5.81. The summed E-state index contributed by atoms with van der Waals surface area (Å²) in [5.41, 5.74) is 1.63. The Morgan fingerprint density at radius 3 is 2.35 bits per heavy atom. The number of carbonyl (C=O) groups is 2. The van der Waals surface area contributed by atoms with Crippen LogP contribution >= 0.6 is 11.8 Å². The van der Waals surface area contributed by atoms with Crippen molar-refractivity contribution in [1.82, 2.24) is 9.80 Å². The van der Waals surface area contributed by atoms with Gasteiger partial charge in [0.2, 0.25) is 5.91 Å². The van der Waals surface area contributed by atoms with Gasteiger partial charge in [-0.1, -0.05) is 18.2 Å². The normalized spacial score (nSPS) is 17.6. The number of rotatable bonds is 5. The van der Waals surface area contributed by atoms with E-state index in [4.69, 9.17) is 9.47 Å². The van der Waals surface area contributed by atoms with Crippen LogP contribution in [0.2, 0.25) is 0 Å². The molecule has 0 unspecified atom stereocenters. The molecule has 0 saturated carbocycles. The van der Waals surface area contributed by atoms with E-state index in [0.29, 0.717) is 30.8 Å². The van der Waals surface area contributed by atoms with Crippen molar-refractivity contribution >= 4 is 23.6 Å². The van der Waals surface area contributed by atoms with Crippen LogP contribution in [0.3, 0.4) is 0 Å². The number of ether oxygens (including phenoxy) is 2. The summed E-state index contributed by atoms with van der Waals surface area (Å²) in [6.07, 6.45) is 1.97. The predicted molar refractivity (Wildman–Crippen MR) is 122 cm³/mol. The topological polar surface area (TPSA) is 59.1 Å². The average Bonchev–Trinajstić information content (AvgIpc) is 3.22. The van der Waals surface area contributed by atoms with Crippen molar-refractivity contribution in [2.45, 2.75) is 24.1 Å². The second-order valence-electron chi connectivity index (χ2n) is 7.89. The minimum absolute atomic E-state index is 0.0434. The van der Waals surface area contributed by atoms with E-state index in [9.17, 15) is 9.59 Å². The molecular weight excluding hydrogens is 412 g/mol. The molecule has 164 valence electrons. The van der Waals surface area contributed by atoms with Crippen LogP contribution in [0.5, 0.6) is 11.5 Å². The van der Waals surface area contributed by atoms with Gasteiger partial charge in [0.1, 0.15) is 11.5 Å². The van der Waals surface area contributed by atoms with Gasteiger partial charge in [0.15, 0.2) is 0 Å². The van der Waals surface area contributed by atoms with E-state index in [1.54, 1.807) is 20.3 Å². The molecule has 0 radical (unpaired) electrons. The number of carbonyl (C=O) groups excluding carboxylic acids is 2. The third kappa shape index (κ3) is 4.51. The minimum atomic E-state index is -0.225. The fourth-order valence-electron chi connectivity index (χ4n) is 4.36. The van der Waals surface area contributed by atoms with Gasteiger partial charge >= 0.3 is 0 Å². The van der Waals surface area contributed by atoms with Gasteiger partial charge in [0.05, 0.1) is 25.5 Å². The summed E-state index contributed by atoms with van der Waals surface area (Å²) in [4.78, 5) is 29.8.